The number of amides is 1. The molecule has 2 N–H and O–H groups in total. The predicted octanol–water partition coefficient (Wildman–Crippen LogP) is 1.01. The van der Waals surface area contributed by atoms with Gasteiger partial charge in [0.2, 0.25) is 0 Å². The molecule has 1 aliphatic rings. The summed E-state index contributed by atoms with van der Waals surface area (Å²) in [5, 5.41) is 10.8. The molecule has 0 saturated heterocycles. The van der Waals surface area contributed by atoms with E-state index in [-0.39, 0.29) is 12.0 Å². The molecule has 12 heavy (non-hydrogen) atoms. The van der Waals surface area contributed by atoms with Crippen LogP contribution in [0.15, 0.2) is 0 Å². The van der Waals surface area contributed by atoms with E-state index in [1.165, 1.54) is 0 Å². The van der Waals surface area contributed by atoms with Gasteiger partial charge in [-0.3, -0.25) is 0 Å². The van der Waals surface area contributed by atoms with Gasteiger partial charge in [0.15, 0.2) is 0 Å². The summed E-state index contributed by atoms with van der Waals surface area (Å²) in [4.78, 5) is 20.6. The van der Waals surface area contributed by atoms with Crippen LogP contribution in [-0.4, -0.2) is 23.5 Å². The zero-order chi connectivity index (χ0) is 8.97. The second kappa shape index (κ2) is 4.09. The molecule has 0 aromatic rings. The van der Waals surface area contributed by atoms with Crippen molar-refractivity contribution < 1.29 is 14.7 Å². The van der Waals surface area contributed by atoms with E-state index >= 15 is 0 Å². The maximum Gasteiger partial charge on any atom is 0.404 e. The lowest BCUT2D eigenvalue weighted by molar-refractivity contribution is -0.111. The van der Waals surface area contributed by atoms with Crippen molar-refractivity contribution in [2.75, 3.05) is 0 Å². The van der Waals surface area contributed by atoms with Crippen molar-refractivity contribution in [1.82, 2.24) is 5.32 Å². The fourth-order valence-corrected chi connectivity index (χ4v) is 1.57. The number of carbonyl (C=O) groups is 2. The zero-order valence-corrected chi connectivity index (χ0v) is 6.82. The van der Waals surface area contributed by atoms with Crippen LogP contribution < -0.4 is 5.32 Å². The minimum absolute atomic E-state index is 0.0544. The van der Waals surface area contributed by atoms with Crippen LogP contribution in [0, 0.1) is 5.92 Å². The SMILES string of the molecule is O=C[C@H]1CC[C@H](NC(=O)O)CC1. The van der Waals surface area contributed by atoms with E-state index in [0.717, 1.165) is 32.0 Å². The molecule has 4 nitrogen and oxygen atoms in total. The molecular formula is C8H13NO3. The third kappa shape index (κ3) is 2.53. The van der Waals surface area contributed by atoms with Crippen molar-refractivity contribution in [2.24, 2.45) is 5.92 Å². The standard InChI is InChI=1S/C8H13NO3/c10-5-6-1-3-7(4-2-6)9-8(11)12/h5-7,9H,1-4H2,(H,11,12)/t6-,7-. The van der Waals surface area contributed by atoms with E-state index in [9.17, 15) is 9.59 Å². The van der Waals surface area contributed by atoms with E-state index in [4.69, 9.17) is 5.11 Å². The van der Waals surface area contributed by atoms with E-state index in [0.29, 0.717) is 0 Å². The zero-order valence-electron chi connectivity index (χ0n) is 6.82. The largest absolute Gasteiger partial charge is 0.465 e. The topological polar surface area (TPSA) is 66.4 Å². The Balaban J connectivity index is 2.26. The van der Waals surface area contributed by atoms with Crippen molar-refractivity contribution in [3.8, 4) is 0 Å². The quantitative estimate of drug-likeness (QED) is 0.609. The highest BCUT2D eigenvalue weighted by atomic mass is 16.4. The summed E-state index contributed by atoms with van der Waals surface area (Å²) in [5.74, 6) is 0.150. The van der Waals surface area contributed by atoms with Crippen molar-refractivity contribution >= 4 is 12.4 Å². The van der Waals surface area contributed by atoms with Crippen LogP contribution in [0.2, 0.25) is 0 Å². The average Bonchev–Trinajstić information content (AvgIpc) is 2.05. The van der Waals surface area contributed by atoms with Crippen molar-refractivity contribution in [3.05, 3.63) is 0 Å². The first-order valence-corrected chi connectivity index (χ1v) is 4.17. The average molecular weight is 171 g/mol. The lowest BCUT2D eigenvalue weighted by atomic mass is 9.87. The van der Waals surface area contributed by atoms with Gasteiger partial charge in [0, 0.05) is 12.0 Å². The summed E-state index contributed by atoms with van der Waals surface area (Å²) < 4.78 is 0. The number of aldehydes is 1. The first kappa shape index (κ1) is 9.03. The monoisotopic (exact) mass is 171 g/mol. The lowest BCUT2D eigenvalue weighted by Crippen LogP contribution is -2.36. The van der Waals surface area contributed by atoms with Gasteiger partial charge in [0.25, 0.3) is 0 Å². The maximum atomic E-state index is 10.4. The van der Waals surface area contributed by atoms with Crippen molar-refractivity contribution in [1.29, 1.82) is 0 Å². The normalized spacial score (nSPS) is 29.3. The predicted molar refractivity (Wildman–Crippen MR) is 43.0 cm³/mol. The summed E-state index contributed by atoms with van der Waals surface area (Å²) in [5.41, 5.74) is 0. The van der Waals surface area contributed by atoms with E-state index < -0.39 is 6.09 Å². The molecule has 1 saturated carbocycles. The Morgan fingerprint density at radius 1 is 1.33 bits per heavy atom. The maximum absolute atomic E-state index is 10.4. The van der Waals surface area contributed by atoms with Gasteiger partial charge in [-0.15, -0.1) is 0 Å². The van der Waals surface area contributed by atoms with Gasteiger partial charge in [-0.25, -0.2) is 4.79 Å². The number of rotatable bonds is 2. The molecule has 0 unspecified atom stereocenters. The Kier molecular flexibility index (Phi) is 3.08. The fourth-order valence-electron chi connectivity index (χ4n) is 1.57. The van der Waals surface area contributed by atoms with E-state index in [1.54, 1.807) is 0 Å². The summed E-state index contributed by atoms with van der Waals surface area (Å²) in [7, 11) is 0. The van der Waals surface area contributed by atoms with Crippen molar-refractivity contribution in [2.45, 2.75) is 31.7 Å². The minimum Gasteiger partial charge on any atom is -0.465 e. The highest BCUT2D eigenvalue weighted by Crippen LogP contribution is 2.22. The highest BCUT2D eigenvalue weighted by Gasteiger charge is 2.21. The van der Waals surface area contributed by atoms with Gasteiger partial charge in [-0.1, -0.05) is 0 Å². The van der Waals surface area contributed by atoms with Gasteiger partial charge in [-0.2, -0.15) is 0 Å². The molecule has 1 fully saturated rings. The molecule has 1 rings (SSSR count). The molecule has 1 aliphatic carbocycles. The Morgan fingerprint density at radius 3 is 2.33 bits per heavy atom. The van der Waals surface area contributed by atoms with E-state index in [1.807, 2.05) is 0 Å². The number of carboxylic acid groups (broad SMARTS) is 1. The summed E-state index contributed by atoms with van der Waals surface area (Å²) in [6, 6.07) is 0.0544. The second-order valence-corrected chi connectivity index (χ2v) is 3.20. The summed E-state index contributed by atoms with van der Waals surface area (Å²) in [6.07, 6.45) is 3.20. The minimum atomic E-state index is -0.968. The third-order valence-corrected chi connectivity index (χ3v) is 2.29. The second-order valence-electron chi connectivity index (χ2n) is 3.20. The van der Waals surface area contributed by atoms with Crippen LogP contribution in [0.25, 0.3) is 0 Å². The number of carbonyl (C=O) groups excluding carboxylic acids is 1. The highest BCUT2D eigenvalue weighted by molar-refractivity contribution is 5.64. The first-order valence-electron chi connectivity index (χ1n) is 4.17. The Hall–Kier alpha value is -1.06. The molecule has 68 valence electrons. The Labute approximate surface area is 71.0 Å². The van der Waals surface area contributed by atoms with Crippen LogP contribution in [0.4, 0.5) is 4.79 Å². The van der Waals surface area contributed by atoms with Crippen LogP contribution in [0.5, 0.6) is 0 Å². The van der Waals surface area contributed by atoms with Crippen LogP contribution in [0.3, 0.4) is 0 Å². The molecule has 4 heteroatoms. The van der Waals surface area contributed by atoms with Gasteiger partial charge in [0.05, 0.1) is 0 Å². The van der Waals surface area contributed by atoms with Gasteiger partial charge < -0.3 is 15.2 Å². The van der Waals surface area contributed by atoms with Gasteiger partial charge >= 0.3 is 6.09 Å². The third-order valence-electron chi connectivity index (χ3n) is 2.29. The van der Waals surface area contributed by atoms with Crippen LogP contribution in [0.1, 0.15) is 25.7 Å². The Morgan fingerprint density at radius 2 is 1.92 bits per heavy atom. The van der Waals surface area contributed by atoms with Gasteiger partial charge in [-0.05, 0) is 25.7 Å². The van der Waals surface area contributed by atoms with Crippen LogP contribution >= 0.6 is 0 Å². The van der Waals surface area contributed by atoms with E-state index in [2.05, 4.69) is 5.32 Å². The molecule has 0 bridgehead atoms. The molecule has 0 radical (unpaired) electrons. The first-order chi connectivity index (χ1) is 5.72. The number of nitrogens with one attached hydrogen (secondary N) is 1. The van der Waals surface area contributed by atoms with Crippen molar-refractivity contribution in [3.63, 3.8) is 0 Å². The number of hydrogen-bond acceptors (Lipinski definition) is 2. The Bertz CT molecular complexity index is 173. The molecule has 0 atom stereocenters. The molecular weight excluding hydrogens is 158 g/mol. The molecule has 0 aliphatic heterocycles. The smallest absolute Gasteiger partial charge is 0.404 e. The lowest BCUT2D eigenvalue weighted by Gasteiger charge is -2.24. The molecule has 0 aromatic carbocycles. The fraction of sp³-hybridized carbons (Fsp3) is 0.750. The molecule has 0 aromatic heterocycles. The molecule has 1 amide bonds. The molecule has 0 heterocycles. The summed E-state index contributed by atoms with van der Waals surface area (Å²) >= 11 is 0. The summed E-state index contributed by atoms with van der Waals surface area (Å²) in [6.45, 7) is 0. The number of hydrogen-bond donors (Lipinski definition) is 2. The molecule has 0 spiro atoms. The van der Waals surface area contributed by atoms with Crippen LogP contribution in [-0.2, 0) is 4.79 Å². The van der Waals surface area contributed by atoms with Gasteiger partial charge in [0.1, 0.15) is 6.29 Å².